The normalized spacial score (nSPS) is 42.4. The molecule has 0 amide bonds. The van der Waals surface area contributed by atoms with Crippen LogP contribution in [0.5, 0.6) is 0 Å². The third-order valence-electron chi connectivity index (χ3n) is 5.28. The van der Waals surface area contributed by atoms with E-state index in [1.807, 2.05) is 11.1 Å². The predicted molar refractivity (Wildman–Crippen MR) is 64.7 cm³/mol. The lowest BCUT2D eigenvalue weighted by atomic mass is 9.53. The molecule has 84 valence electrons. The molecule has 4 rings (SSSR count). The Morgan fingerprint density at radius 2 is 1.33 bits per heavy atom. The van der Waals surface area contributed by atoms with Crippen LogP contribution in [-0.4, -0.2) is 0 Å². The maximum Gasteiger partial charge on any atom is -0.0192 e. The van der Waals surface area contributed by atoms with Crippen molar-refractivity contribution in [2.24, 2.45) is 23.7 Å². The van der Waals surface area contributed by atoms with Crippen LogP contribution in [0.15, 0.2) is 11.1 Å². The molecule has 0 heteroatoms. The van der Waals surface area contributed by atoms with Gasteiger partial charge in [0.2, 0.25) is 0 Å². The van der Waals surface area contributed by atoms with Gasteiger partial charge in [0.25, 0.3) is 0 Å². The Bertz CT molecular complexity index is 248. The molecule has 4 bridgehead atoms. The van der Waals surface area contributed by atoms with E-state index >= 15 is 0 Å². The molecule has 0 atom stereocenters. The van der Waals surface area contributed by atoms with Gasteiger partial charge < -0.3 is 0 Å². The Kier molecular flexibility index (Phi) is 2.41. The van der Waals surface area contributed by atoms with E-state index in [0.717, 1.165) is 23.7 Å². The fourth-order valence-corrected chi connectivity index (χ4v) is 4.93. The Hall–Kier alpha value is -0.260. The molecule has 0 saturated heterocycles. The fourth-order valence-electron chi connectivity index (χ4n) is 4.93. The van der Waals surface area contributed by atoms with E-state index < -0.39 is 0 Å². The first kappa shape index (κ1) is 9.93. The van der Waals surface area contributed by atoms with Crippen LogP contribution in [0.1, 0.15) is 58.8 Å². The average Bonchev–Trinajstić information content (AvgIpc) is 2.22. The Labute approximate surface area is 94.1 Å². The van der Waals surface area contributed by atoms with Gasteiger partial charge in [0.1, 0.15) is 0 Å². The summed E-state index contributed by atoms with van der Waals surface area (Å²) in [5, 5.41) is 0. The molecule has 0 aromatic carbocycles. The minimum absolute atomic E-state index is 1.02. The van der Waals surface area contributed by atoms with Crippen molar-refractivity contribution in [1.82, 2.24) is 0 Å². The summed E-state index contributed by atoms with van der Waals surface area (Å²) in [5.74, 6) is 4.28. The average molecular weight is 204 g/mol. The second kappa shape index (κ2) is 3.64. The summed E-state index contributed by atoms with van der Waals surface area (Å²) in [6.45, 7) is 4.72. The molecule has 0 unspecified atom stereocenters. The van der Waals surface area contributed by atoms with E-state index in [9.17, 15) is 0 Å². The van der Waals surface area contributed by atoms with E-state index in [2.05, 4.69) is 13.8 Å². The molecule has 4 aliphatic rings. The van der Waals surface area contributed by atoms with Gasteiger partial charge in [-0.05, 0) is 68.6 Å². The molecule has 0 radical (unpaired) electrons. The molecule has 0 heterocycles. The Balaban J connectivity index is 1.94. The van der Waals surface area contributed by atoms with E-state index in [4.69, 9.17) is 0 Å². The van der Waals surface area contributed by atoms with Crippen molar-refractivity contribution in [1.29, 1.82) is 0 Å². The summed E-state index contributed by atoms with van der Waals surface area (Å²) in [7, 11) is 0. The third-order valence-corrected chi connectivity index (χ3v) is 5.28. The van der Waals surface area contributed by atoms with Crippen LogP contribution in [0.4, 0.5) is 0 Å². The van der Waals surface area contributed by atoms with Gasteiger partial charge in [0, 0.05) is 0 Å². The zero-order valence-corrected chi connectivity index (χ0v) is 10.3. The van der Waals surface area contributed by atoms with Gasteiger partial charge in [-0.1, -0.05) is 25.0 Å². The van der Waals surface area contributed by atoms with Crippen molar-refractivity contribution in [3.63, 3.8) is 0 Å². The van der Waals surface area contributed by atoms with Crippen LogP contribution in [0.25, 0.3) is 0 Å². The summed E-state index contributed by atoms with van der Waals surface area (Å²) in [5.41, 5.74) is 3.77. The third kappa shape index (κ3) is 1.48. The molecule has 0 N–H and O–H groups in total. The first-order valence-electron chi connectivity index (χ1n) is 7.03. The van der Waals surface area contributed by atoms with Gasteiger partial charge in [-0.15, -0.1) is 0 Å². The van der Waals surface area contributed by atoms with E-state index in [1.54, 1.807) is 32.1 Å². The van der Waals surface area contributed by atoms with Crippen molar-refractivity contribution in [3.8, 4) is 0 Å². The fraction of sp³-hybridized carbons (Fsp3) is 0.867. The van der Waals surface area contributed by atoms with Gasteiger partial charge in [0.05, 0.1) is 0 Å². The second-order valence-corrected chi connectivity index (χ2v) is 6.07. The lowest BCUT2D eigenvalue weighted by Crippen LogP contribution is -2.40. The van der Waals surface area contributed by atoms with Crippen molar-refractivity contribution in [2.75, 3.05) is 0 Å². The molecular weight excluding hydrogens is 180 g/mol. The topological polar surface area (TPSA) is 0 Å². The lowest BCUT2D eigenvalue weighted by Gasteiger charge is -2.52. The van der Waals surface area contributed by atoms with Crippen molar-refractivity contribution in [2.45, 2.75) is 58.8 Å². The number of rotatable bonds is 2. The highest BCUT2D eigenvalue weighted by Gasteiger charge is 2.45. The summed E-state index contributed by atoms with van der Waals surface area (Å²) >= 11 is 0. The van der Waals surface area contributed by atoms with Gasteiger partial charge in [-0.3, -0.25) is 0 Å². The van der Waals surface area contributed by atoms with Crippen LogP contribution in [0.2, 0.25) is 0 Å². The van der Waals surface area contributed by atoms with Crippen LogP contribution in [-0.2, 0) is 0 Å². The highest BCUT2D eigenvalue weighted by Crippen LogP contribution is 2.57. The van der Waals surface area contributed by atoms with Crippen molar-refractivity contribution >= 4 is 0 Å². The highest BCUT2D eigenvalue weighted by molar-refractivity contribution is 5.26. The smallest absolute Gasteiger partial charge is 0.0192 e. The molecule has 4 saturated carbocycles. The maximum atomic E-state index is 2.36. The summed E-state index contributed by atoms with van der Waals surface area (Å²) in [6.07, 6.45) is 10.4. The Morgan fingerprint density at radius 3 is 1.73 bits per heavy atom. The first-order chi connectivity index (χ1) is 7.31. The minimum Gasteiger partial charge on any atom is -0.0710 e. The molecular formula is C15H24. The summed E-state index contributed by atoms with van der Waals surface area (Å²) in [4.78, 5) is 0. The van der Waals surface area contributed by atoms with Gasteiger partial charge in [-0.25, -0.2) is 0 Å². The van der Waals surface area contributed by atoms with E-state index in [0.29, 0.717) is 0 Å². The summed E-state index contributed by atoms with van der Waals surface area (Å²) in [6, 6.07) is 0. The number of allylic oxidation sites excluding steroid dienone is 2. The monoisotopic (exact) mass is 204 g/mol. The molecule has 0 aromatic rings. The quantitative estimate of drug-likeness (QED) is 0.578. The molecule has 0 aromatic heterocycles. The van der Waals surface area contributed by atoms with Gasteiger partial charge in [-0.2, -0.15) is 0 Å². The van der Waals surface area contributed by atoms with Gasteiger partial charge >= 0.3 is 0 Å². The van der Waals surface area contributed by atoms with Gasteiger partial charge in [0.15, 0.2) is 0 Å². The van der Waals surface area contributed by atoms with E-state index in [-0.39, 0.29) is 0 Å². The second-order valence-electron chi connectivity index (χ2n) is 6.07. The molecule has 0 nitrogen and oxygen atoms in total. The van der Waals surface area contributed by atoms with Crippen molar-refractivity contribution < 1.29 is 0 Å². The van der Waals surface area contributed by atoms with Crippen LogP contribution in [0.3, 0.4) is 0 Å². The number of hydrogen-bond donors (Lipinski definition) is 0. The van der Waals surface area contributed by atoms with E-state index in [1.165, 1.54) is 12.8 Å². The lowest BCUT2D eigenvalue weighted by molar-refractivity contribution is 0.0679. The Morgan fingerprint density at radius 1 is 0.867 bits per heavy atom. The zero-order chi connectivity index (χ0) is 10.4. The highest BCUT2D eigenvalue weighted by atomic mass is 14.5. The van der Waals surface area contributed by atoms with Crippen molar-refractivity contribution in [3.05, 3.63) is 11.1 Å². The first-order valence-corrected chi connectivity index (χ1v) is 7.03. The largest absolute Gasteiger partial charge is 0.0710 e. The van der Waals surface area contributed by atoms with Crippen LogP contribution < -0.4 is 0 Å². The number of hydrogen-bond acceptors (Lipinski definition) is 0. The summed E-state index contributed by atoms with van der Waals surface area (Å²) < 4.78 is 0. The molecule has 4 aliphatic carbocycles. The maximum absolute atomic E-state index is 2.36. The molecule has 15 heavy (non-hydrogen) atoms. The van der Waals surface area contributed by atoms with Crippen LogP contribution in [0, 0.1) is 23.7 Å². The molecule has 4 fully saturated rings. The molecule has 0 spiro atoms. The standard InChI is InChI=1S/C15H24/c1-3-12(4-2)15-13-6-10-5-11(8-13)9-14(15)7-10/h10-11,13-14H,3-9H2,1-2H3. The minimum atomic E-state index is 1.02. The predicted octanol–water partition coefficient (Wildman–Crippen LogP) is 4.56. The molecule has 0 aliphatic heterocycles. The van der Waals surface area contributed by atoms with Crippen LogP contribution >= 0.6 is 0 Å². The SMILES string of the molecule is CCC(CC)=C1C2CC3CC(C2)CC1C3. The zero-order valence-electron chi connectivity index (χ0n) is 10.3.